The van der Waals surface area contributed by atoms with Crippen LogP contribution in [0.3, 0.4) is 0 Å². The third-order valence-corrected chi connectivity index (χ3v) is 3.98. The maximum Gasteiger partial charge on any atom is 0.251 e. The van der Waals surface area contributed by atoms with Gasteiger partial charge < -0.3 is 10.1 Å². The molecule has 0 bridgehead atoms. The van der Waals surface area contributed by atoms with Gasteiger partial charge in [0.25, 0.3) is 5.91 Å². The molecule has 0 heterocycles. The van der Waals surface area contributed by atoms with Crippen molar-refractivity contribution in [2.24, 2.45) is 5.92 Å². The quantitative estimate of drug-likeness (QED) is 0.909. The van der Waals surface area contributed by atoms with Gasteiger partial charge in [0, 0.05) is 11.6 Å². The number of carbonyl (C=O) groups excluding carboxylic acids is 1. The largest absolute Gasteiger partial charge is 0.497 e. The summed E-state index contributed by atoms with van der Waals surface area (Å²) < 4.78 is 31.7. The van der Waals surface area contributed by atoms with Gasteiger partial charge in [-0.05, 0) is 48.6 Å². The van der Waals surface area contributed by atoms with Crippen LogP contribution in [0.25, 0.3) is 0 Å². The Balaban J connectivity index is 1.80. The van der Waals surface area contributed by atoms with Crippen molar-refractivity contribution < 1.29 is 18.3 Å². The molecule has 120 valence electrons. The van der Waals surface area contributed by atoms with Crippen molar-refractivity contribution in [3.8, 4) is 5.75 Å². The minimum absolute atomic E-state index is 0.0124. The molecule has 0 aromatic heterocycles. The number of hydrogen-bond acceptors (Lipinski definition) is 2. The van der Waals surface area contributed by atoms with Crippen molar-refractivity contribution in [1.29, 1.82) is 0 Å². The van der Waals surface area contributed by atoms with Gasteiger partial charge in [-0.2, -0.15) is 0 Å². The molecule has 1 amide bonds. The minimum atomic E-state index is -0.762. The number of carbonyl (C=O) groups is 1. The van der Waals surface area contributed by atoms with E-state index in [2.05, 4.69) is 5.32 Å². The molecule has 1 N–H and O–H groups in total. The summed E-state index contributed by atoms with van der Waals surface area (Å²) in [6, 6.07) is 10.1. The monoisotopic (exact) mass is 317 g/mol. The number of halogens is 2. The molecule has 3 nitrogen and oxygen atoms in total. The molecule has 5 heteroatoms. The number of benzene rings is 2. The molecule has 0 spiro atoms. The lowest BCUT2D eigenvalue weighted by Gasteiger charge is -2.19. The first kappa shape index (κ1) is 15.5. The standard InChI is InChI=1S/C18H17F2NO2/c1-23-16-6-4-12(5-7-16)17(11-2-3-11)21-18(22)13-8-14(19)10-15(20)9-13/h4-11,17H,2-3H2,1H3,(H,21,22). The molecule has 3 rings (SSSR count). The Morgan fingerprint density at radius 1 is 1.13 bits per heavy atom. The van der Waals surface area contributed by atoms with Crippen LogP contribution in [0.5, 0.6) is 5.75 Å². The molecule has 1 saturated carbocycles. The van der Waals surface area contributed by atoms with E-state index < -0.39 is 17.5 Å². The second-order valence-electron chi connectivity index (χ2n) is 5.72. The van der Waals surface area contributed by atoms with Gasteiger partial charge in [-0.25, -0.2) is 8.78 Å². The summed E-state index contributed by atoms with van der Waals surface area (Å²) >= 11 is 0. The Morgan fingerprint density at radius 3 is 2.26 bits per heavy atom. The van der Waals surface area contributed by atoms with Crippen LogP contribution in [0, 0.1) is 17.6 Å². The van der Waals surface area contributed by atoms with Crippen LogP contribution in [0.1, 0.15) is 34.8 Å². The van der Waals surface area contributed by atoms with E-state index in [1.165, 1.54) is 0 Å². The van der Waals surface area contributed by atoms with Gasteiger partial charge in [0.2, 0.25) is 0 Å². The summed E-state index contributed by atoms with van der Waals surface area (Å²) in [5.74, 6) is -0.908. The van der Waals surface area contributed by atoms with E-state index in [9.17, 15) is 13.6 Å². The fraction of sp³-hybridized carbons (Fsp3) is 0.278. The number of amides is 1. The van der Waals surface area contributed by atoms with Crippen molar-refractivity contribution in [2.45, 2.75) is 18.9 Å². The average Bonchev–Trinajstić information content (AvgIpc) is 3.36. The lowest BCUT2D eigenvalue weighted by molar-refractivity contribution is 0.0930. The number of rotatable bonds is 5. The Kier molecular flexibility index (Phi) is 4.28. The third-order valence-electron chi connectivity index (χ3n) is 3.98. The van der Waals surface area contributed by atoms with Crippen LogP contribution in [0.4, 0.5) is 8.78 Å². The molecule has 2 aromatic rings. The number of hydrogen-bond donors (Lipinski definition) is 1. The summed E-state index contributed by atoms with van der Waals surface area (Å²) in [6.45, 7) is 0. The second kappa shape index (κ2) is 6.36. The first-order valence-electron chi connectivity index (χ1n) is 7.48. The molecular formula is C18H17F2NO2. The first-order valence-corrected chi connectivity index (χ1v) is 7.48. The molecule has 1 aliphatic carbocycles. The van der Waals surface area contributed by atoms with Crippen molar-refractivity contribution in [1.82, 2.24) is 5.32 Å². The molecule has 2 aromatic carbocycles. The fourth-order valence-electron chi connectivity index (χ4n) is 2.62. The van der Waals surface area contributed by atoms with Gasteiger partial charge in [-0.3, -0.25) is 4.79 Å². The van der Waals surface area contributed by atoms with Crippen LogP contribution in [-0.4, -0.2) is 13.0 Å². The van der Waals surface area contributed by atoms with Gasteiger partial charge in [0.05, 0.1) is 13.2 Å². The number of ether oxygens (including phenoxy) is 1. The summed E-state index contributed by atoms with van der Waals surface area (Å²) in [6.07, 6.45) is 2.04. The summed E-state index contributed by atoms with van der Waals surface area (Å²) in [4.78, 5) is 12.3. The van der Waals surface area contributed by atoms with Gasteiger partial charge in [0.1, 0.15) is 17.4 Å². The second-order valence-corrected chi connectivity index (χ2v) is 5.72. The smallest absolute Gasteiger partial charge is 0.251 e. The van der Waals surface area contributed by atoms with E-state index in [1.54, 1.807) is 7.11 Å². The van der Waals surface area contributed by atoms with E-state index in [0.717, 1.165) is 42.4 Å². The van der Waals surface area contributed by atoms with Crippen LogP contribution in [0.15, 0.2) is 42.5 Å². The lowest BCUT2D eigenvalue weighted by atomic mass is 10.0. The lowest BCUT2D eigenvalue weighted by Crippen LogP contribution is -2.30. The van der Waals surface area contributed by atoms with E-state index in [4.69, 9.17) is 4.74 Å². The van der Waals surface area contributed by atoms with Gasteiger partial charge in [-0.1, -0.05) is 12.1 Å². The predicted molar refractivity (Wildman–Crippen MR) is 82.3 cm³/mol. The first-order chi connectivity index (χ1) is 11.1. The highest BCUT2D eigenvalue weighted by atomic mass is 19.1. The van der Waals surface area contributed by atoms with Gasteiger partial charge >= 0.3 is 0 Å². The highest BCUT2D eigenvalue weighted by Gasteiger charge is 2.33. The maximum absolute atomic E-state index is 13.3. The van der Waals surface area contributed by atoms with Crippen LogP contribution in [-0.2, 0) is 0 Å². The summed E-state index contributed by atoms with van der Waals surface area (Å²) in [5.41, 5.74) is 0.945. The highest BCUT2D eigenvalue weighted by Crippen LogP contribution is 2.41. The molecule has 0 aliphatic heterocycles. The van der Waals surface area contributed by atoms with Crippen molar-refractivity contribution in [2.75, 3.05) is 7.11 Å². The number of nitrogens with one attached hydrogen (secondary N) is 1. The molecule has 1 atom stereocenters. The molecule has 23 heavy (non-hydrogen) atoms. The molecular weight excluding hydrogens is 300 g/mol. The Bertz CT molecular complexity index is 691. The fourth-order valence-corrected chi connectivity index (χ4v) is 2.62. The van der Waals surface area contributed by atoms with E-state index in [0.29, 0.717) is 5.92 Å². The molecule has 0 radical (unpaired) electrons. The summed E-state index contributed by atoms with van der Waals surface area (Å²) in [5, 5.41) is 2.89. The van der Waals surface area contributed by atoms with Crippen LogP contribution >= 0.6 is 0 Å². The van der Waals surface area contributed by atoms with E-state index in [-0.39, 0.29) is 11.6 Å². The number of methoxy groups -OCH3 is 1. The minimum Gasteiger partial charge on any atom is -0.497 e. The average molecular weight is 317 g/mol. The zero-order chi connectivity index (χ0) is 16.4. The molecule has 1 fully saturated rings. The van der Waals surface area contributed by atoms with E-state index >= 15 is 0 Å². The maximum atomic E-state index is 13.3. The van der Waals surface area contributed by atoms with Crippen molar-refractivity contribution >= 4 is 5.91 Å². The SMILES string of the molecule is COc1ccc(C(NC(=O)c2cc(F)cc(F)c2)C2CC2)cc1. The zero-order valence-electron chi connectivity index (χ0n) is 12.7. The Morgan fingerprint density at radius 2 is 1.74 bits per heavy atom. The molecule has 0 saturated heterocycles. The third kappa shape index (κ3) is 3.67. The van der Waals surface area contributed by atoms with Crippen molar-refractivity contribution in [3.05, 3.63) is 65.2 Å². The van der Waals surface area contributed by atoms with E-state index in [1.807, 2.05) is 24.3 Å². The summed E-state index contributed by atoms with van der Waals surface area (Å²) in [7, 11) is 1.59. The van der Waals surface area contributed by atoms with Gasteiger partial charge in [-0.15, -0.1) is 0 Å². The van der Waals surface area contributed by atoms with Crippen LogP contribution in [0.2, 0.25) is 0 Å². The predicted octanol–water partition coefficient (Wildman–Crippen LogP) is 3.85. The van der Waals surface area contributed by atoms with Crippen molar-refractivity contribution in [3.63, 3.8) is 0 Å². The Labute approximate surface area is 133 Å². The molecule has 1 unspecified atom stereocenters. The van der Waals surface area contributed by atoms with Gasteiger partial charge in [0.15, 0.2) is 0 Å². The normalized spacial score (nSPS) is 15.1. The Hall–Kier alpha value is -2.43. The highest BCUT2D eigenvalue weighted by molar-refractivity contribution is 5.94. The zero-order valence-corrected chi connectivity index (χ0v) is 12.7. The topological polar surface area (TPSA) is 38.3 Å². The molecule has 1 aliphatic rings. The van der Waals surface area contributed by atoms with Crippen LogP contribution < -0.4 is 10.1 Å².